The first kappa shape index (κ1) is 9.28. The number of hydrogen-bond acceptors (Lipinski definition) is 2. The van der Waals surface area contributed by atoms with Crippen LogP contribution in [0.25, 0.3) is 0 Å². The van der Waals surface area contributed by atoms with Gasteiger partial charge < -0.3 is 10.4 Å². The quantitative estimate of drug-likeness (QED) is 0.698. The molecule has 0 spiro atoms. The molecular formula is C12H15NO. The number of rotatable bonds is 2. The second-order valence-electron chi connectivity index (χ2n) is 3.67. The number of hydrogen-bond donors (Lipinski definition) is 2. The van der Waals surface area contributed by atoms with Crippen LogP contribution in [0.15, 0.2) is 36.9 Å². The zero-order valence-corrected chi connectivity index (χ0v) is 8.11. The van der Waals surface area contributed by atoms with Crippen molar-refractivity contribution >= 4 is 5.69 Å². The smallest absolute Gasteiger partial charge is 0.0784 e. The molecule has 1 aromatic rings. The third-order valence-electron chi connectivity index (χ3n) is 2.75. The summed E-state index contributed by atoms with van der Waals surface area (Å²) < 4.78 is 0. The maximum absolute atomic E-state index is 9.84. The van der Waals surface area contributed by atoms with Crippen molar-refractivity contribution in [3.8, 4) is 0 Å². The van der Waals surface area contributed by atoms with Crippen molar-refractivity contribution in [3.63, 3.8) is 0 Å². The van der Waals surface area contributed by atoms with Crippen LogP contribution >= 0.6 is 0 Å². The van der Waals surface area contributed by atoms with Crippen LogP contribution in [0.4, 0.5) is 5.69 Å². The number of nitrogens with one attached hydrogen (secondary N) is 1. The van der Waals surface area contributed by atoms with Gasteiger partial charge in [0.1, 0.15) is 0 Å². The number of aliphatic hydroxyl groups excluding tert-OH is 1. The van der Waals surface area contributed by atoms with Crippen LogP contribution in [0.1, 0.15) is 17.9 Å². The van der Waals surface area contributed by atoms with Gasteiger partial charge in [-0.2, -0.15) is 0 Å². The van der Waals surface area contributed by atoms with Crippen molar-refractivity contribution in [2.45, 2.75) is 18.4 Å². The number of fused-ring (bicyclic) bond motifs is 1. The van der Waals surface area contributed by atoms with Crippen molar-refractivity contribution in [3.05, 3.63) is 42.5 Å². The Morgan fingerprint density at radius 3 is 3.07 bits per heavy atom. The molecular weight excluding hydrogens is 174 g/mol. The van der Waals surface area contributed by atoms with Crippen LogP contribution in [-0.2, 0) is 0 Å². The van der Waals surface area contributed by atoms with E-state index in [0.717, 1.165) is 12.1 Å². The van der Waals surface area contributed by atoms with E-state index in [2.05, 4.69) is 24.0 Å². The van der Waals surface area contributed by atoms with Crippen LogP contribution < -0.4 is 5.32 Å². The van der Waals surface area contributed by atoms with Crippen molar-refractivity contribution in [1.82, 2.24) is 0 Å². The zero-order valence-electron chi connectivity index (χ0n) is 8.11. The SMILES string of the molecule is C=CCC1c2ccccc2NCC1O. The van der Waals surface area contributed by atoms with Crippen LogP contribution in [0.3, 0.4) is 0 Å². The van der Waals surface area contributed by atoms with E-state index in [0.29, 0.717) is 6.54 Å². The molecule has 0 radical (unpaired) electrons. The standard InChI is InChI=1S/C12H15NO/c1-2-5-10-9-6-3-4-7-11(9)13-8-12(10)14/h2-4,6-7,10,12-14H,1,5,8H2. The minimum absolute atomic E-state index is 0.199. The highest BCUT2D eigenvalue weighted by molar-refractivity contribution is 5.55. The highest BCUT2D eigenvalue weighted by Crippen LogP contribution is 2.33. The third kappa shape index (κ3) is 1.53. The molecule has 0 aromatic heterocycles. The van der Waals surface area contributed by atoms with E-state index in [4.69, 9.17) is 0 Å². The molecule has 0 bridgehead atoms. The number of para-hydroxylation sites is 1. The number of β-amino-alcohol motifs (C(OH)–C–C–N with tert-alkyl or cyclic N) is 1. The molecule has 2 N–H and O–H groups in total. The van der Waals surface area contributed by atoms with Gasteiger partial charge in [0.25, 0.3) is 0 Å². The first-order chi connectivity index (χ1) is 6.83. The van der Waals surface area contributed by atoms with Gasteiger partial charge in [0.05, 0.1) is 6.10 Å². The summed E-state index contributed by atoms with van der Waals surface area (Å²) in [6.07, 6.45) is 2.40. The summed E-state index contributed by atoms with van der Waals surface area (Å²) in [5.41, 5.74) is 2.34. The lowest BCUT2D eigenvalue weighted by atomic mass is 9.86. The van der Waals surface area contributed by atoms with E-state index in [9.17, 15) is 5.11 Å². The van der Waals surface area contributed by atoms with Crippen LogP contribution in [0.5, 0.6) is 0 Å². The number of anilines is 1. The lowest BCUT2D eigenvalue weighted by molar-refractivity contribution is 0.152. The maximum Gasteiger partial charge on any atom is 0.0784 e. The lowest BCUT2D eigenvalue weighted by Crippen LogP contribution is -2.32. The Balaban J connectivity index is 2.35. The third-order valence-corrected chi connectivity index (χ3v) is 2.75. The highest BCUT2D eigenvalue weighted by Gasteiger charge is 2.26. The summed E-state index contributed by atoms with van der Waals surface area (Å²) in [5, 5.41) is 13.1. The Hall–Kier alpha value is -1.28. The Bertz CT molecular complexity index is 335. The minimum Gasteiger partial charge on any atom is -0.391 e. The molecule has 1 aliphatic heterocycles. The predicted molar refractivity (Wildman–Crippen MR) is 58.5 cm³/mol. The Labute approximate surface area is 84.3 Å². The summed E-state index contributed by atoms with van der Waals surface area (Å²) >= 11 is 0. The second kappa shape index (κ2) is 3.84. The predicted octanol–water partition coefficient (Wildman–Crippen LogP) is 2.13. The van der Waals surface area contributed by atoms with Gasteiger partial charge in [-0.3, -0.25) is 0 Å². The normalized spacial score (nSPS) is 24.9. The summed E-state index contributed by atoms with van der Waals surface area (Å²) in [7, 11) is 0. The first-order valence-corrected chi connectivity index (χ1v) is 4.94. The molecule has 0 fully saturated rings. The fraction of sp³-hybridized carbons (Fsp3) is 0.333. The summed E-state index contributed by atoms with van der Waals surface area (Å²) in [6, 6.07) is 8.14. The van der Waals surface area contributed by atoms with Gasteiger partial charge in [-0.25, -0.2) is 0 Å². The van der Waals surface area contributed by atoms with E-state index in [1.165, 1.54) is 5.56 Å². The van der Waals surface area contributed by atoms with Crippen LogP contribution in [0, 0.1) is 0 Å². The molecule has 1 aliphatic rings. The second-order valence-corrected chi connectivity index (χ2v) is 3.67. The fourth-order valence-corrected chi connectivity index (χ4v) is 2.01. The van der Waals surface area contributed by atoms with Gasteiger partial charge in [-0.15, -0.1) is 6.58 Å². The lowest BCUT2D eigenvalue weighted by Gasteiger charge is -2.30. The van der Waals surface area contributed by atoms with E-state index < -0.39 is 0 Å². The van der Waals surface area contributed by atoms with Crippen molar-refractivity contribution in [1.29, 1.82) is 0 Å². The molecule has 2 heteroatoms. The number of benzene rings is 1. The van der Waals surface area contributed by atoms with Gasteiger partial charge in [0.2, 0.25) is 0 Å². The average Bonchev–Trinajstić information content (AvgIpc) is 2.23. The van der Waals surface area contributed by atoms with Crippen molar-refractivity contribution in [2.75, 3.05) is 11.9 Å². The Kier molecular flexibility index (Phi) is 2.55. The molecule has 2 rings (SSSR count). The molecule has 1 heterocycles. The number of aliphatic hydroxyl groups is 1. The molecule has 0 saturated heterocycles. The molecule has 74 valence electrons. The molecule has 1 aromatic carbocycles. The molecule has 2 atom stereocenters. The van der Waals surface area contributed by atoms with Gasteiger partial charge >= 0.3 is 0 Å². The van der Waals surface area contributed by atoms with Gasteiger partial charge in [0, 0.05) is 18.2 Å². The van der Waals surface area contributed by atoms with Crippen LogP contribution in [0.2, 0.25) is 0 Å². The molecule has 2 unspecified atom stereocenters. The van der Waals surface area contributed by atoms with E-state index in [-0.39, 0.29) is 12.0 Å². The van der Waals surface area contributed by atoms with E-state index in [1.807, 2.05) is 18.2 Å². The Morgan fingerprint density at radius 1 is 1.50 bits per heavy atom. The van der Waals surface area contributed by atoms with E-state index in [1.54, 1.807) is 0 Å². The maximum atomic E-state index is 9.84. The molecule has 14 heavy (non-hydrogen) atoms. The van der Waals surface area contributed by atoms with Crippen LogP contribution in [-0.4, -0.2) is 17.8 Å². The van der Waals surface area contributed by atoms with Crippen molar-refractivity contribution < 1.29 is 5.11 Å². The minimum atomic E-state index is -0.303. The molecule has 0 aliphatic carbocycles. The monoisotopic (exact) mass is 189 g/mol. The van der Waals surface area contributed by atoms with E-state index >= 15 is 0 Å². The molecule has 0 saturated carbocycles. The largest absolute Gasteiger partial charge is 0.391 e. The van der Waals surface area contributed by atoms with Gasteiger partial charge in [-0.1, -0.05) is 24.3 Å². The van der Waals surface area contributed by atoms with Gasteiger partial charge in [-0.05, 0) is 18.1 Å². The van der Waals surface area contributed by atoms with Gasteiger partial charge in [0.15, 0.2) is 0 Å². The first-order valence-electron chi connectivity index (χ1n) is 4.94. The molecule has 0 amide bonds. The zero-order chi connectivity index (χ0) is 9.97. The fourth-order valence-electron chi connectivity index (χ4n) is 2.01. The summed E-state index contributed by atoms with van der Waals surface area (Å²) in [6.45, 7) is 4.37. The summed E-state index contributed by atoms with van der Waals surface area (Å²) in [4.78, 5) is 0. The van der Waals surface area contributed by atoms with Crippen molar-refractivity contribution in [2.24, 2.45) is 0 Å². The number of allylic oxidation sites excluding steroid dienone is 1. The topological polar surface area (TPSA) is 32.3 Å². The molecule has 2 nitrogen and oxygen atoms in total. The summed E-state index contributed by atoms with van der Waals surface area (Å²) in [5.74, 6) is 0.199. The Morgan fingerprint density at radius 2 is 2.29 bits per heavy atom. The highest BCUT2D eigenvalue weighted by atomic mass is 16.3. The average molecular weight is 189 g/mol.